The van der Waals surface area contributed by atoms with Gasteiger partial charge < -0.3 is 15.0 Å². The maximum Gasteiger partial charge on any atom is 0.131 e. The minimum Gasteiger partial charge on any atom is -0.489 e. The Morgan fingerprint density at radius 3 is 2.46 bits per heavy atom. The minimum atomic E-state index is -0.344. The molecule has 3 nitrogen and oxygen atoms in total. The molecule has 2 rings (SSSR count). The Kier molecular flexibility index (Phi) is 8.89. The van der Waals surface area contributed by atoms with Crippen LogP contribution in [0.15, 0.2) is 42.5 Å². The van der Waals surface area contributed by atoms with Crippen molar-refractivity contribution in [1.82, 2.24) is 10.2 Å². The number of ether oxygens (including phenoxy) is 1. The SMILES string of the molecule is CCN(CC)CCCNCc1ccc(OCc2c(F)cccc2Cl)cc1. The predicted octanol–water partition coefficient (Wildman–Crippen LogP) is 4.88. The van der Waals surface area contributed by atoms with Gasteiger partial charge in [0.1, 0.15) is 18.2 Å². The molecule has 0 aliphatic heterocycles. The lowest BCUT2D eigenvalue weighted by Gasteiger charge is -2.17. The number of rotatable bonds is 11. The van der Waals surface area contributed by atoms with Crippen LogP contribution in [0.25, 0.3) is 0 Å². The average Bonchev–Trinajstić information content (AvgIpc) is 2.65. The van der Waals surface area contributed by atoms with E-state index in [0.29, 0.717) is 16.3 Å². The molecule has 0 fully saturated rings. The molecule has 0 bridgehead atoms. The summed E-state index contributed by atoms with van der Waals surface area (Å²) < 4.78 is 19.4. The molecule has 0 spiro atoms. The fourth-order valence-corrected chi connectivity index (χ4v) is 2.95. The molecule has 2 aromatic carbocycles. The fraction of sp³-hybridized carbons (Fsp3) is 0.429. The van der Waals surface area contributed by atoms with Gasteiger partial charge in [-0.2, -0.15) is 0 Å². The lowest BCUT2D eigenvalue weighted by atomic mass is 10.2. The van der Waals surface area contributed by atoms with E-state index in [1.165, 1.54) is 11.6 Å². The van der Waals surface area contributed by atoms with Crippen molar-refractivity contribution in [2.24, 2.45) is 0 Å². The molecule has 0 heterocycles. The Balaban J connectivity index is 1.73. The van der Waals surface area contributed by atoms with E-state index >= 15 is 0 Å². The van der Waals surface area contributed by atoms with Crippen LogP contribution in [0.4, 0.5) is 4.39 Å². The van der Waals surface area contributed by atoms with Crippen LogP contribution in [0.2, 0.25) is 5.02 Å². The molecule has 5 heteroatoms. The topological polar surface area (TPSA) is 24.5 Å². The summed E-state index contributed by atoms with van der Waals surface area (Å²) >= 11 is 6.01. The van der Waals surface area contributed by atoms with Crippen LogP contribution in [-0.2, 0) is 13.2 Å². The summed E-state index contributed by atoms with van der Waals surface area (Å²) in [7, 11) is 0. The first-order valence-electron chi connectivity index (χ1n) is 9.21. The zero-order valence-electron chi connectivity index (χ0n) is 15.6. The van der Waals surface area contributed by atoms with E-state index in [4.69, 9.17) is 16.3 Å². The van der Waals surface area contributed by atoms with Gasteiger partial charge in [0.25, 0.3) is 0 Å². The second kappa shape index (κ2) is 11.2. The molecule has 0 atom stereocenters. The van der Waals surface area contributed by atoms with Gasteiger partial charge in [-0.1, -0.05) is 43.6 Å². The lowest BCUT2D eigenvalue weighted by Crippen LogP contribution is -2.27. The van der Waals surface area contributed by atoms with E-state index in [2.05, 4.69) is 24.1 Å². The summed E-state index contributed by atoms with van der Waals surface area (Å²) in [4.78, 5) is 2.43. The van der Waals surface area contributed by atoms with Crippen molar-refractivity contribution in [3.63, 3.8) is 0 Å². The maximum absolute atomic E-state index is 13.7. The Labute approximate surface area is 161 Å². The highest BCUT2D eigenvalue weighted by molar-refractivity contribution is 6.31. The lowest BCUT2D eigenvalue weighted by molar-refractivity contribution is 0.297. The van der Waals surface area contributed by atoms with Crippen LogP contribution in [0.5, 0.6) is 5.75 Å². The molecule has 142 valence electrons. The van der Waals surface area contributed by atoms with Crippen molar-refractivity contribution in [1.29, 1.82) is 0 Å². The molecule has 0 saturated carbocycles. The van der Waals surface area contributed by atoms with Crippen LogP contribution < -0.4 is 10.1 Å². The van der Waals surface area contributed by atoms with Crippen molar-refractivity contribution in [3.8, 4) is 5.75 Å². The van der Waals surface area contributed by atoms with Gasteiger partial charge in [-0.3, -0.25) is 0 Å². The maximum atomic E-state index is 13.7. The summed E-state index contributed by atoms with van der Waals surface area (Å²) in [5.74, 6) is 0.359. The van der Waals surface area contributed by atoms with Crippen LogP contribution >= 0.6 is 11.6 Å². The van der Waals surface area contributed by atoms with Crippen LogP contribution in [0, 0.1) is 5.82 Å². The number of halogens is 2. The van der Waals surface area contributed by atoms with Crippen LogP contribution in [0.1, 0.15) is 31.4 Å². The Morgan fingerprint density at radius 1 is 1.08 bits per heavy atom. The second-order valence-electron chi connectivity index (χ2n) is 6.19. The van der Waals surface area contributed by atoms with E-state index in [9.17, 15) is 4.39 Å². The van der Waals surface area contributed by atoms with Gasteiger partial charge in [0, 0.05) is 12.1 Å². The van der Waals surface area contributed by atoms with Crippen LogP contribution in [-0.4, -0.2) is 31.1 Å². The molecule has 0 aromatic heterocycles. The summed E-state index contributed by atoms with van der Waals surface area (Å²) in [5.41, 5.74) is 1.58. The number of benzene rings is 2. The van der Waals surface area contributed by atoms with Gasteiger partial charge in [0.2, 0.25) is 0 Å². The molecule has 0 radical (unpaired) electrons. The largest absolute Gasteiger partial charge is 0.489 e. The van der Waals surface area contributed by atoms with E-state index in [-0.39, 0.29) is 12.4 Å². The predicted molar refractivity (Wildman–Crippen MR) is 106 cm³/mol. The highest BCUT2D eigenvalue weighted by Crippen LogP contribution is 2.21. The summed E-state index contributed by atoms with van der Waals surface area (Å²) in [5, 5.41) is 3.85. The van der Waals surface area contributed by atoms with E-state index in [1.54, 1.807) is 12.1 Å². The van der Waals surface area contributed by atoms with Crippen molar-refractivity contribution < 1.29 is 9.13 Å². The van der Waals surface area contributed by atoms with Gasteiger partial charge in [0.05, 0.1) is 5.02 Å². The van der Waals surface area contributed by atoms with Crippen molar-refractivity contribution >= 4 is 11.6 Å². The van der Waals surface area contributed by atoms with Crippen molar-refractivity contribution in [3.05, 3.63) is 64.4 Å². The Hall–Kier alpha value is -1.62. The van der Waals surface area contributed by atoms with Crippen molar-refractivity contribution in [2.45, 2.75) is 33.4 Å². The molecule has 0 unspecified atom stereocenters. The minimum absolute atomic E-state index is 0.120. The number of nitrogens with zero attached hydrogens (tertiary/aromatic N) is 1. The normalized spacial score (nSPS) is 11.1. The van der Waals surface area contributed by atoms with Crippen molar-refractivity contribution in [2.75, 3.05) is 26.2 Å². The van der Waals surface area contributed by atoms with Crippen LogP contribution in [0.3, 0.4) is 0 Å². The van der Waals surface area contributed by atoms with E-state index in [1.807, 2.05) is 24.3 Å². The molecule has 0 aliphatic carbocycles. The van der Waals surface area contributed by atoms with Gasteiger partial charge in [-0.15, -0.1) is 0 Å². The zero-order valence-corrected chi connectivity index (χ0v) is 16.4. The molecule has 1 N–H and O–H groups in total. The third-order valence-corrected chi connectivity index (χ3v) is 4.77. The second-order valence-corrected chi connectivity index (χ2v) is 6.60. The standard InChI is InChI=1S/C21H28ClFN2O/c1-3-25(4-2)14-6-13-24-15-17-9-11-18(12-10-17)26-16-19-20(22)7-5-8-21(19)23/h5,7-12,24H,3-4,6,13-16H2,1-2H3. The van der Waals surface area contributed by atoms with E-state index in [0.717, 1.165) is 39.1 Å². The fourth-order valence-electron chi connectivity index (χ4n) is 2.73. The highest BCUT2D eigenvalue weighted by atomic mass is 35.5. The summed E-state index contributed by atoms with van der Waals surface area (Å²) in [6.45, 7) is 9.69. The Bertz CT molecular complexity index is 639. The quantitative estimate of drug-likeness (QED) is 0.564. The highest BCUT2D eigenvalue weighted by Gasteiger charge is 2.07. The Morgan fingerprint density at radius 2 is 1.81 bits per heavy atom. The molecular weight excluding hydrogens is 351 g/mol. The summed E-state index contributed by atoms with van der Waals surface area (Å²) in [6, 6.07) is 12.5. The molecule has 2 aromatic rings. The molecule has 0 aliphatic rings. The number of hydrogen-bond donors (Lipinski definition) is 1. The van der Waals surface area contributed by atoms with Gasteiger partial charge in [0.15, 0.2) is 0 Å². The number of nitrogens with one attached hydrogen (secondary N) is 1. The molecular formula is C21H28ClFN2O. The molecule has 0 saturated heterocycles. The molecule has 0 amide bonds. The first kappa shape index (κ1) is 20.7. The summed E-state index contributed by atoms with van der Waals surface area (Å²) in [6.07, 6.45) is 1.15. The third-order valence-electron chi connectivity index (χ3n) is 4.42. The van der Waals surface area contributed by atoms with Gasteiger partial charge in [-0.25, -0.2) is 4.39 Å². The smallest absolute Gasteiger partial charge is 0.131 e. The average molecular weight is 379 g/mol. The first-order chi connectivity index (χ1) is 12.6. The van der Waals surface area contributed by atoms with Gasteiger partial charge >= 0.3 is 0 Å². The third kappa shape index (κ3) is 6.60. The van der Waals surface area contributed by atoms with Gasteiger partial charge in [-0.05, 0) is 62.4 Å². The number of hydrogen-bond acceptors (Lipinski definition) is 3. The monoisotopic (exact) mass is 378 g/mol. The first-order valence-corrected chi connectivity index (χ1v) is 9.59. The zero-order chi connectivity index (χ0) is 18.8. The van der Waals surface area contributed by atoms with E-state index < -0.39 is 0 Å². The molecule has 26 heavy (non-hydrogen) atoms.